The van der Waals surface area contributed by atoms with Crippen LogP contribution in [0.1, 0.15) is 0 Å². The molecule has 0 bridgehead atoms. The average Bonchev–Trinajstić information content (AvgIpc) is 3.25. The van der Waals surface area contributed by atoms with E-state index in [-0.39, 0.29) is 19.3 Å². The van der Waals surface area contributed by atoms with Gasteiger partial charge in [-0.25, -0.2) is 0 Å². The molecule has 8 nitrogen and oxygen atoms in total. The molecule has 0 aliphatic carbocycles. The first-order valence-electron chi connectivity index (χ1n) is 6.01. The van der Waals surface area contributed by atoms with Gasteiger partial charge in [0.15, 0.2) is 11.5 Å². The van der Waals surface area contributed by atoms with Gasteiger partial charge in [0.25, 0.3) is 5.09 Å². The topological polar surface area (TPSA) is 92.6 Å². The molecule has 1 aromatic carbocycles. The molecule has 1 fully saturated rings. The third-order valence-electron chi connectivity index (χ3n) is 2.51. The van der Waals surface area contributed by atoms with Crippen molar-refractivity contribution in [3.63, 3.8) is 0 Å². The minimum absolute atomic E-state index is 0.0343. The first kappa shape index (κ1) is 14.2. The predicted molar refractivity (Wildman–Crippen MR) is 66.7 cm³/mol. The molecule has 1 unspecified atom stereocenters. The van der Waals surface area contributed by atoms with Gasteiger partial charge in [-0.15, -0.1) is 10.1 Å². The third kappa shape index (κ3) is 4.47. The van der Waals surface area contributed by atoms with Gasteiger partial charge in [-0.3, -0.25) is 0 Å². The Kier molecular flexibility index (Phi) is 4.83. The number of benzene rings is 1. The quantitative estimate of drug-likeness (QED) is 0.290. The second-order valence-electron chi connectivity index (χ2n) is 3.98. The molecule has 0 amide bonds. The number of nitrogens with zero attached hydrogens (tertiary/aromatic N) is 1. The van der Waals surface area contributed by atoms with Crippen molar-refractivity contribution in [3.05, 3.63) is 28.3 Å². The summed E-state index contributed by atoms with van der Waals surface area (Å²) >= 11 is 0. The molecule has 1 aliphatic heterocycles. The molecule has 1 aliphatic rings. The number of hydrogen-bond donors (Lipinski definition) is 0. The van der Waals surface area contributed by atoms with E-state index in [2.05, 4.69) is 4.84 Å². The summed E-state index contributed by atoms with van der Waals surface area (Å²) in [5.41, 5.74) is 0. The molecule has 0 saturated carbocycles. The fourth-order valence-corrected chi connectivity index (χ4v) is 1.48. The van der Waals surface area contributed by atoms with Crippen LogP contribution in [0, 0.1) is 10.1 Å². The Morgan fingerprint density at radius 3 is 2.80 bits per heavy atom. The van der Waals surface area contributed by atoms with E-state index in [0.717, 1.165) is 6.61 Å². The van der Waals surface area contributed by atoms with E-state index in [1.807, 2.05) is 0 Å². The van der Waals surface area contributed by atoms with Gasteiger partial charge in [0, 0.05) is 6.07 Å². The largest absolute Gasteiger partial charge is 0.493 e. The maximum atomic E-state index is 10.0. The number of hydrogen-bond acceptors (Lipinski definition) is 7. The lowest BCUT2D eigenvalue weighted by molar-refractivity contribution is -0.757. The zero-order valence-corrected chi connectivity index (χ0v) is 10.9. The van der Waals surface area contributed by atoms with Crippen LogP contribution in [0.3, 0.4) is 0 Å². The number of rotatable bonds is 9. The van der Waals surface area contributed by atoms with Gasteiger partial charge in [0.05, 0.1) is 13.7 Å². The highest BCUT2D eigenvalue weighted by Crippen LogP contribution is 2.31. The Bertz CT molecular complexity index is 461. The van der Waals surface area contributed by atoms with E-state index < -0.39 is 5.09 Å². The molecule has 0 radical (unpaired) electrons. The fraction of sp³-hybridized carbons (Fsp3) is 0.500. The molecule has 0 spiro atoms. The number of ether oxygens (including phenoxy) is 4. The van der Waals surface area contributed by atoms with E-state index in [9.17, 15) is 10.1 Å². The van der Waals surface area contributed by atoms with Crippen LogP contribution in [0.25, 0.3) is 0 Å². The second-order valence-corrected chi connectivity index (χ2v) is 3.98. The second kappa shape index (κ2) is 6.80. The van der Waals surface area contributed by atoms with Crippen molar-refractivity contribution in [1.82, 2.24) is 0 Å². The summed E-state index contributed by atoms with van der Waals surface area (Å²) in [5.74, 6) is 1.57. The van der Waals surface area contributed by atoms with Crippen molar-refractivity contribution >= 4 is 0 Å². The normalized spacial score (nSPS) is 16.4. The smallest absolute Gasteiger partial charge is 0.294 e. The fourth-order valence-electron chi connectivity index (χ4n) is 1.48. The summed E-state index contributed by atoms with van der Waals surface area (Å²) in [6, 6.07) is 5.11. The summed E-state index contributed by atoms with van der Waals surface area (Å²) in [5, 5.41) is 9.15. The Morgan fingerprint density at radius 1 is 1.35 bits per heavy atom. The van der Waals surface area contributed by atoms with Crippen molar-refractivity contribution < 1.29 is 28.9 Å². The molecule has 8 heteroatoms. The molecular weight excluding hydrogens is 270 g/mol. The summed E-state index contributed by atoms with van der Waals surface area (Å²) in [7, 11) is 1.51. The molecule has 110 valence electrons. The molecule has 0 aromatic heterocycles. The minimum atomic E-state index is -0.865. The summed E-state index contributed by atoms with van der Waals surface area (Å²) in [6.45, 7) is 1.08. The minimum Gasteiger partial charge on any atom is -0.493 e. The lowest BCUT2D eigenvalue weighted by atomic mass is 10.3. The van der Waals surface area contributed by atoms with Gasteiger partial charge in [-0.05, 0) is 12.1 Å². The molecule has 1 saturated heterocycles. The summed E-state index contributed by atoms with van der Waals surface area (Å²) < 4.78 is 21.1. The van der Waals surface area contributed by atoms with Crippen LogP contribution in [0.2, 0.25) is 0 Å². The van der Waals surface area contributed by atoms with Crippen molar-refractivity contribution in [2.45, 2.75) is 6.10 Å². The van der Waals surface area contributed by atoms with Crippen molar-refractivity contribution in [3.8, 4) is 17.2 Å². The third-order valence-corrected chi connectivity index (χ3v) is 2.51. The summed E-state index contributed by atoms with van der Waals surface area (Å²) in [4.78, 5) is 14.2. The van der Waals surface area contributed by atoms with Gasteiger partial charge >= 0.3 is 0 Å². The Labute approximate surface area is 115 Å². The Morgan fingerprint density at radius 2 is 2.15 bits per heavy atom. The van der Waals surface area contributed by atoms with Gasteiger partial charge in [0.2, 0.25) is 0 Å². The molecular formula is C12H15NO7. The SMILES string of the molecule is COc1ccc(OCC2CO2)cc1OCCO[N+](=O)[O-]. The lowest BCUT2D eigenvalue weighted by Crippen LogP contribution is -2.11. The van der Waals surface area contributed by atoms with Crippen LogP contribution in [0.15, 0.2) is 18.2 Å². The molecule has 1 heterocycles. The molecule has 2 rings (SSSR count). The van der Waals surface area contributed by atoms with Crippen LogP contribution in [-0.4, -0.2) is 44.7 Å². The maximum Gasteiger partial charge on any atom is 0.294 e. The Balaban J connectivity index is 1.88. The highest BCUT2D eigenvalue weighted by Gasteiger charge is 2.23. The molecule has 20 heavy (non-hydrogen) atoms. The maximum absolute atomic E-state index is 10.0. The highest BCUT2D eigenvalue weighted by molar-refractivity contribution is 5.45. The Hall–Kier alpha value is -2.22. The van der Waals surface area contributed by atoms with Crippen LogP contribution in [-0.2, 0) is 9.57 Å². The van der Waals surface area contributed by atoms with E-state index >= 15 is 0 Å². The predicted octanol–water partition coefficient (Wildman–Crippen LogP) is 1.06. The van der Waals surface area contributed by atoms with Crippen LogP contribution in [0.4, 0.5) is 0 Å². The number of methoxy groups -OCH3 is 1. The highest BCUT2D eigenvalue weighted by atomic mass is 17.0. The van der Waals surface area contributed by atoms with E-state index in [4.69, 9.17) is 18.9 Å². The lowest BCUT2D eigenvalue weighted by Gasteiger charge is -2.12. The van der Waals surface area contributed by atoms with Crippen LogP contribution >= 0.6 is 0 Å². The molecule has 1 atom stereocenters. The van der Waals surface area contributed by atoms with Crippen molar-refractivity contribution in [1.29, 1.82) is 0 Å². The van der Waals surface area contributed by atoms with Crippen molar-refractivity contribution in [2.24, 2.45) is 0 Å². The first-order valence-corrected chi connectivity index (χ1v) is 6.01. The zero-order chi connectivity index (χ0) is 14.4. The molecule has 0 N–H and O–H groups in total. The van der Waals surface area contributed by atoms with Crippen molar-refractivity contribution in [2.75, 3.05) is 33.5 Å². The molecule has 1 aromatic rings. The standard InChI is InChI=1S/C12H15NO7/c1-16-11-3-2-9(18-7-10-8-19-10)6-12(11)17-4-5-20-13(14)15/h2-3,6,10H,4-5,7-8H2,1H3. The number of epoxide rings is 1. The zero-order valence-electron chi connectivity index (χ0n) is 10.9. The van der Waals surface area contributed by atoms with Crippen LogP contribution < -0.4 is 14.2 Å². The van der Waals surface area contributed by atoms with E-state index in [0.29, 0.717) is 23.9 Å². The summed E-state index contributed by atoms with van der Waals surface area (Å²) in [6.07, 6.45) is 0.162. The van der Waals surface area contributed by atoms with E-state index in [1.54, 1.807) is 18.2 Å². The van der Waals surface area contributed by atoms with E-state index in [1.165, 1.54) is 7.11 Å². The van der Waals surface area contributed by atoms with Gasteiger partial charge in [-0.2, -0.15) is 0 Å². The first-order chi connectivity index (χ1) is 9.69. The monoisotopic (exact) mass is 285 g/mol. The van der Waals surface area contributed by atoms with Gasteiger partial charge in [0.1, 0.15) is 31.7 Å². The van der Waals surface area contributed by atoms with Gasteiger partial charge in [-0.1, -0.05) is 0 Å². The average molecular weight is 285 g/mol. The van der Waals surface area contributed by atoms with Gasteiger partial charge < -0.3 is 23.8 Å². The van der Waals surface area contributed by atoms with Crippen LogP contribution in [0.5, 0.6) is 17.2 Å².